The zero-order valence-corrected chi connectivity index (χ0v) is 11.4. The third-order valence-corrected chi connectivity index (χ3v) is 4.22. The van der Waals surface area contributed by atoms with Crippen molar-refractivity contribution in [2.24, 2.45) is 17.8 Å². The maximum atomic E-state index is 12.1. The zero-order valence-electron chi connectivity index (χ0n) is 10.6. The highest BCUT2D eigenvalue weighted by Crippen LogP contribution is 2.41. The summed E-state index contributed by atoms with van der Waals surface area (Å²) in [5, 5.41) is 9.11. The molecule has 2 aliphatic rings. The van der Waals surface area contributed by atoms with Crippen molar-refractivity contribution < 1.29 is 19.5 Å². The summed E-state index contributed by atoms with van der Waals surface area (Å²) in [4.78, 5) is 34.8. The van der Waals surface area contributed by atoms with Crippen molar-refractivity contribution in [1.29, 1.82) is 0 Å². The maximum absolute atomic E-state index is 12.1. The molecule has 104 valence electrons. The van der Waals surface area contributed by atoms with Crippen LogP contribution in [0.4, 0.5) is 0 Å². The minimum absolute atomic E-state index is 0.0313. The highest BCUT2D eigenvalue weighted by Gasteiger charge is 2.48. The van der Waals surface area contributed by atoms with Gasteiger partial charge in [0.1, 0.15) is 0 Å². The topological polar surface area (TPSA) is 71.4 Å². The molecule has 0 bridgehead atoms. The van der Waals surface area contributed by atoms with Crippen LogP contribution < -0.4 is 0 Å². The molecule has 3 rings (SSSR count). The van der Waals surface area contributed by atoms with E-state index in [1.165, 1.54) is 6.07 Å². The number of ketones is 2. The summed E-state index contributed by atoms with van der Waals surface area (Å²) in [6.07, 6.45) is 2.19. The fourth-order valence-electron chi connectivity index (χ4n) is 2.41. The minimum atomic E-state index is -0.935. The molecule has 1 N–H and O–H groups in total. The number of rotatable bonds is 5. The van der Waals surface area contributed by atoms with E-state index in [1.54, 1.807) is 12.1 Å². The molecule has 4 nitrogen and oxygen atoms in total. The first kappa shape index (κ1) is 13.3. The van der Waals surface area contributed by atoms with Crippen LogP contribution >= 0.6 is 11.6 Å². The van der Waals surface area contributed by atoms with Crippen molar-refractivity contribution in [3.63, 3.8) is 0 Å². The summed E-state index contributed by atoms with van der Waals surface area (Å²) in [6, 6.07) is 4.63. The second-order valence-electron chi connectivity index (χ2n) is 5.48. The van der Waals surface area contributed by atoms with Crippen LogP contribution in [-0.2, 0) is 4.79 Å². The van der Waals surface area contributed by atoms with Crippen molar-refractivity contribution in [3.8, 4) is 0 Å². The van der Waals surface area contributed by atoms with Gasteiger partial charge in [0.05, 0.1) is 10.9 Å². The number of benzene rings is 1. The van der Waals surface area contributed by atoms with E-state index in [0.717, 1.165) is 12.8 Å². The zero-order chi connectivity index (χ0) is 14.4. The number of carboxylic acid groups (broad SMARTS) is 1. The molecule has 2 aliphatic carbocycles. The van der Waals surface area contributed by atoms with Gasteiger partial charge in [-0.05, 0) is 31.4 Å². The van der Waals surface area contributed by atoms with Crippen LogP contribution in [0, 0.1) is 17.8 Å². The number of hydrogen-bond donors (Lipinski definition) is 1. The molecule has 0 unspecified atom stereocenters. The fourth-order valence-corrected chi connectivity index (χ4v) is 2.68. The van der Waals surface area contributed by atoms with E-state index in [2.05, 4.69) is 0 Å². The number of carboxylic acids is 1. The summed E-state index contributed by atoms with van der Waals surface area (Å²) in [5.41, 5.74) is 0.840. The molecule has 1 aromatic rings. The van der Waals surface area contributed by atoms with Crippen molar-refractivity contribution in [2.75, 3.05) is 0 Å². The standard InChI is InChI=1S/C15H13ClO4/c16-12-5-8(14(18)10-6-11(10)15(19)20)3-4-9(12)13(17)7-1-2-7/h3-5,7,10-11H,1-2,6H2,(H,19,20)/t10-,11-/m0/s1. The molecule has 1 aromatic carbocycles. The quantitative estimate of drug-likeness (QED) is 0.847. The molecule has 0 aliphatic heterocycles. The van der Waals surface area contributed by atoms with Crippen LogP contribution in [0.5, 0.6) is 0 Å². The monoisotopic (exact) mass is 292 g/mol. The van der Waals surface area contributed by atoms with Gasteiger partial charge in [-0.25, -0.2) is 0 Å². The normalized spacial score (nSPS) is 24.2. The summed E-state index contributed by atoms with van der Waals surface area (Å²) in [7, 11) is 0. The van der Waals surface area contributed by atoms with Gasteiger partial charge < -0.3 is 5.11 Å². The Morgan fingerprint density at radius 2 is 1.80 bits per heavy atom. The second kappa shape index (κ2) is 4.70. The molecule has 0 heterocycles. The minimum Gasteiger partial charge on any atom is -0.481 e. The van der Waals surface area contributed by atoms with Crippen LogP contribution in [0.25, 0.3) is 0 Å². The number of halogens is 1. The summed E-state index contributed by atoms with van der Waals surface area (Å²) >= 11 is 6.07. The van der Waals surface area contributed by atoms with Gasteiger partial charge in [-0.2, -0.15) is 0 Å². The summed E-state index contributed by atoms with van der Waals surface area (Å²) in [6.45, 7) is 0. The Morgan fingerprint density at radius 1 is 1.10 bits per heavy atom. The molecule has 2 saturated carbocycles. The van der Waals surface area contributed by atoms with Gasteiger partial charge >= 0.3 is 5.97 Å². The van der Waals surface area contributed by atoms with E-state index in [4.69, 9.17) is 16.7 Å². The van der Waals surface area contributed by atoms with Gasteiger partial charge in [0.15, 0.2) is 11.6 Å². The van der Waals surface area contributed by atoms with Gasteiger partial charge in [-0.1, -0.05) is 17.7 Å². The van der Waals surface area contributed by atoms with Crippen LogP contribution in [0.15, 0.2) is 18.2 Å². The molecule has 0 aromatic heterocycles. The molecule has 0 radical (unpaired) electrons. The van der Waals surface area contributed by atoms with Crippen molar-refractivity contribution >= 4 is 29.1 Å². The number of aliphatic carboxylic acids is 1. The van der Waals surface area contributed by atoms with E-state index >= 15 is 0 Å². The molecular formula is C15H13ClO4. The summed E-state index contributed by atoms with van der Waals surface area (Å²) in [5.74, 6) is -2.06. The smallest absolute Gasteiger partial charge is 0.307 e. The average Bonchev–Trinajstić information content (AvgIpc) is 3.29. The number of carbonyl (C=O) groups is 3. The predicted octanol–water partition coefficient (Wildman–Crippen LogP) is 2.84. The molecule has 5 heteroatoms. The van der Waals surface area contributed by atoms with E-state index in [0.29, 0.717) is 17.5 Å². The Kier molecular flexibility index (Phi) is 3.13. The average molecular weight is 293 g/mol. The number of carbonyl (C=O) groups excluding carboxylic acids is 2. The highest BCUT2D eigenvalue weighted by atomic mass is 35.5. The lowest BCUT2D eigenvalue weighted by Crippen LogP contribution is -2.09. The SMILES string of the molecule is O=C(c1ccc(C(=O)[C@H]2C[C@@H]2C(=O)O)cc1Cl)C1CC1. The summed E-state index contributed by atoms with van der Waals surface area (Å²) < 4.78 is 0. The van der Waals surface area contributed by atoms with Crippen molar-refractivity contribution in [1.82, 2.24) is 0 Å². The third kappa shape index (κ3) is 2.36. The van der Waals surface area contributed by atoms with Gasteiger partial charge in [0, 0.05) is 23.0 Å². The van der Waals surface area contributed by atoms with Crippen LogP contribution in [0.3, 0.4) is 0 Å². The number of Topliss-reactive ketones (excluding diaryl/α,β-unsaturated/α-hetero) is 2. The van der Waals surface area contributed by atoms with Gasteiger partial charge in [-0.3, -0.25) is 14.4 Å². The molecule has 20 heavy (non-hydrogen) atoms. The Morgan fingerprint density at radius 3 is 2.30 bits per heavy atom. The molecule has 2 fully saturated rings. The lowest BCUT2D eigenvalue weighted by atomic mass is 10.0. The van der Waals surface area contributed by atoms with Crippen molar-refractivity contribution in [3.05, 3.63) is 34.3 Å². The predicted molar refractivity (Wildman–Crippen MR) is 72.1 cm³/mol. The first-order valence-electron chi connectivity index (χ1n) is 6.60. The van der Waals surface area contributed by atoms with E-state index < -0.39 is 17.8 Å². The molecule has 0 amide bonds. The van der Waals surface area contributed by atoms with E-state index in [1.807, 2.05) is 0 Å². The molecular weight excluding hydrogens is 280 g/mol. The molecule has 0 spiro atoms. The Hall–Kier alpha value is -1.68. The van der Waals surface area contributed by atoms with Crippen LogP contribution in [0.1, 0.15) is 40.0 Å². The lowest BCUT2D eigenvalue weighted by molar-refractivity contribution is -0.138. The lowest BCUT2D eigenvalue weighted by Gasteiger charge is -2.05. The first-order chi connectivity index (χ1) is 9.49. The molecule has 0 saturated heterocycles. The fraction of sp³-hybridized carbons (Fsp3) is 0.400. The highest BCUT2D eigenvalue weighted by molar-refractivity contribution is 6.34. The Bertz CT molecular complexity index is 618. The number of hydrogen-bond acceptors (Lipinski definition) is 3. The van der Waals surface area contributed by atoms with Gasteiger partial charge in [0.25, 0.3) is 0 Å². The van der Waals surface area contributed by atoms with E-state index in [-0.39, 0.29) is 22.5 Å². The molecule has 2 atom stereocenters. The Balaban J connectivity index is 1.78. The van der Waals surface area contributed by atoms with Crippen LogP contribution in [-0.4, -0.2) is 22.6 Å². The van der Waals surface area contributed by atoms with Crippen molar-refractivity contribution in [2.45, 2.75) is 19.3 Å². The first-order valence-corrected chi connectivity index (χ1v) is 6.97. The van der Waals surface area contributed by atoms with E-state index in [9.17, 15) is 14.4 Å². The largest absolute Gasteiger partial charge is 0.481 e. The van der Waals surface area contributed by atoms with Crippen LogP contribution in [0.2, 0.25) is 5.02 Å². The maximum Gasteiger partial charge on any atom is 0.307 e. The van der Waals surface area contributed by atoms with Gasteiger partial charge in [-0.15, -0.1) is 0 Å². The Labute approximate surface area is 120 Å². The second-order valence-corrected chi connectivity index (χ2v) is 5.89. The third-order valence-electron chi connectivity index (χ3n) is 3.91. The van der Waals surface area contributed by atoms with Gasteiger partial charge in [0.2, 0.25) is 0 Å².